The second kappa shape index (κ2) is 4.63. The molecule has 0 saturated heterocycles. The highest BCUT2D eigenvalue weighted by atomic mass is 16.1. The van der Waals surface area contributed by atoms with Crippen LogP contribution in [0.1, 0.15) is 13.3 Å². The van der Waals surface area contributed by atoms with Crippen LogP contribution < -0.4 is 16.4 Å². The minimum absolute atomic E-state index is 0.338. The minimum Gasteiger partial charge on any atom is -0.396 e. The molecule has 0 aliphatic rings. The second-order valence-corrected chi connectivity index (χ2v) is 3.37. The maximum absolute atomic E-state index is 11.2. The van der Waals surface area contributed by atoms with Gasteiger partial charge in [-0.3, -0.25) is 9.78 Å². The van der Waals surface area contributed by atoms with Crippen LogP contribution in [-0.2, 0) is 4.79 Å². The van der Waals surface area contributed by atoms with Crippen LogP contribution in [0.4, 0.5) is 11.4 Å². The predicted molar refractivity (Wildman–Crippen MR) is 60.3 cm³/mol. The monoisotopic (exact) mass is 208 g/mol. The molecule has 4 N–H and O–H groups in total. The molecule has 5 nitrogen and oxygen atoms in total. The number of aromatic nitrogens is 1. The van der Waals surface area contributed by atoms with Gasteiger partial charge in [0, 0.05) is 13.2 Å². The molecule has 0 fully saturated rings. The van der Waals surface area contributed by atoms with E-state index in [0.717, 1.165) is 5.69 Å². The second-order valence-electron chi connectivity index (χ2n) is 3.37. The Morgan fingerprint density at radius 1 is 1.67 bits per heavy atom. The number of amides is 1. The van der Waals surface area contributed by atoms with Crippen molar-refractivity contribution in [3.8, 4) is 0 Å². The number of nitrogen functional groups attached to an aromatic ring is 1. The average Bonchev–Trinajstić information content (AvgIpc) is 2.18. The number of hydrogen-bond acceptors (Lipinski definition) is 4. The molecule has 1 rings (SSSR count). The lowest BCUT2D eigenvalue weighted by Gasteiger charge is -2.27. The Hall–Kier alpha value is -1.78. The van der Waals surface area contributed by atoms with Crippen LogP contribution in [-0.4, -0.2) is 24.0 Å². The minimum atomic E-state index is -0.351. The highest BCUT2D eigenvalue weighted by Crippen LogP contribution is 2.22. The number of rotatable bonds is 4. The zero-order chi connectivity index (χ0) is 11.4. The van der Waals surface area contributed by atoms with Crippen LogP contribution in [0.5, 0.6) is 0 Å². The van der Waals surface area contributed by atoms with Gasteiger partial charge in [-0.25, -0.2) is 0 Å². The van der Waals surface area contributed by atoms with Crippen molar-refractivity contribution in [3.63, 3.8) is 0 Å². The van der Waals surface area contributed by atoms with Gasteiger partial charge in [-0.1, -0.05) is 6.92 Å². The number of likely N-dealkylation sites (N-methyl/N-ethyl adjacent to an activating group) is 1. The Bertz CT molecular complexity index is 353. The van der Waals surface area contributed by atoms with Gasteiger partial charge in [0.15, 0.2) is 0 Å². The molecule has 0 aliphatic heterocycles. The summed E-state index contributed by atoms with van der Waals surface area (Å²) in [6, 6.07) is 1.43. The smallest absolute Gasteiger partial charge is 0.240 e. The van der Waals surface area contributed by atoms with Gasteiger partial charge in [0.05, 0.1) is 17.6 Å². The number of carbonyl (C=O) groups is 1. The Balaban J connectivity index is 2.97. The zero-order valence-corrected chi connectivity index (χ0v) is 8.97. The van der Waals surface area contributed by atoms with E-state index >= 15 is 0 Å². The standard InChI is InChI=1S/C10H16N4O/c1-3-8(10(12)15)14(2)9-4-5-13-6-7(9)11/h4-6,8H,3,11H2,1-2H3,(H2,12,15). The van der Waals surface area contributed by atoms with Crippen molar-refractivity contribution in [1.82, 2.24) is 4.98 Å². The number of anilines is 2. The lowest BCUT2D eigenvalue weighted by Crippen LogP contribution is -2.42. The lowest BCUT2D eigenvalue weighted by molar-refractivity contribution is -0.119. The molecule has 1 aromatic heterocycles. The van der Waals surface area contributed by atoms with Gasteiger partial charge < -0.3 is 16.4 Å². The van der Waals surface area contributed by atoms with E-state index in [-0.39, 0.29) is 11.9 Å². The summed E-state index contributed by atoms with van der Waals surface area (Å²) in [6.45, 7) is 1.91. The molecule has 1 atom stereocenters. The largest absolute Gasteiger partial charge is 0.396 e. The van der Waals surface area contributed by atoms with Crippen molar-refractivity contribution in [1.29, 1.82) is 0 Å². The van der Waals surface area contributed by atoms with Crippen molar-refractivity contribution >= 4 is 17.3 Å². The average molecular weight is 208 g/mol. The molecule has 0 radical (unpaired) electrons. The van der Waals surface area contributed by atoms with Crippen LogP contribution in [0.25, 0.3) is 0 Å². The molecule has 0 spiro atoms. The Labute approximate surface area is 89.1 Å². The van der Waals surface area contributed by atoms with Gasteiger partial charge >= 0.3 is 0 Å². The van der Waals surface area contributed by atoms with E-state index in [2.05, 4.69) is 4.98 Å². The highest BCUT2D eigenvalue weighted by Gasteiger charge is 2.20. The third-order valence-corrected chi connectivity index (χ3v) is 2.39. The van der Waals surface area contributed by atoms with Crippen molar-refractivity contribution in [2.75, 3.05) is 17.7 Å². The van der Waals surface area contributed by atoms with Gasteiger partial charge in [0.2, 0.25) is 5.91 Å². The van der Waals surface area contributed by atoms with E-state index in [9.17, 15) is 4.79 Å². The van der Waals surface area contributed by atoms with Gasteiger partial charge in [0.1, 0.15) is 6.04 Å². The van der Waals surface area contributed by atoms with Crippen LogP contribution in [0, 0.1) is 0 Å². The molecular formula is C10H16N4O. The Morgan fingerprint density at radius 3 is 2.80 bits per heavy atom. The van der Waals surface area contributed by atoms with Crippen molar-refractivity contribution < 1.29 is 4.79 Å². The van der Waals surface area contributed by atoms with E-state index in [1.54, 1.807) is 30.4 Å². The molecule has 1 heterocycles. The van der Waals surface area contributed by atoms with Crippen LogP contribution in [0.3, 0.4) is 0 Å². The van der Waals surface area contributed by atoms with E-state index in [1.165, 1.54) is 0 Å². The summed E-state index contributed by atoms with van der Waals surface area (Å²) >= 11 is 0. The normalized spacial score (nSPS) is 12.1. The fourth-order valence-corrected chi connectivity index (χ4v) is 1.55. The molecule has 5 heteroatoms. The van der Waals surface area contributed by atoms with Crippen molar-refractivity contribution in [3.05, 3.63) is 18.5 Å². The molecule has 1 unspecified atom stereocenters. The van der Waals surface area contributed by atoms with Crippen LogP contribution in [0.15, 0.2) is 18.5 Å². The third-order valence-electron chi connectivity index (χ3n) is 2.39. The van der Waals surface area contributed by atoms with Gasteiger partial charge in [0.25, 0.3) is 0 Å². The summed E-state index contributed by atoms with van der Waals surface area (Å²) in [4.78, 5) is 16.8. The summed E-state index contributed by atoms with van der Waals surface area (Å²) < 4.78 is 0. The Kier molecular flexibility index (Phi) is 3.49. The zero-order valence-electron chi connectivity index (χ0n) is 8.97. The molecular weight excluding hydrogens is 192 g/mol. The number of pyridine rings is 1. The quantitative estimate of drug-likeness (QED) is 0.748. The molecule has 15 heavy (non-hydrogen) atoms. The number of hydrogen-bond donors (Lipinski definition) is 2. The Morgan fingerprint density at radius 2 is 2.33 bits per heavy atom. The topological polar surface area (TPSA) is 85.2 Å². The van der Waals surface area contributed by atoms with Gasteiger partial charge in [-0.2, -0.15) is 0 Å². The van der Waals surface area contributed by atoms with Crippen molar-refractivity contribution in [2.45, 2.75) is 19.4 Å². The van der Waals surface area contributed by atoms with Crippen molar-refractivity contribution in [2.24, 2.45) is 5.73 Å². The molecule has 0 bridgehead atoms. The predicted octanol–water partition coefficient (Wildman–Crippen LogP) is 0.364. The lowest BCUT2D eigenvalue weighted by atomic mass is 10.1. The van der Waals surface area contributed by atoms with E-state index < -0.39 is 0 Å². The van der Waals surface area contributed by atoms with Gasteiger partial charge in [-0.15, -0.1) is 0 Å². The molecule has 1 aromatic rings. The first-order chi connectivity index (χ1) is 7.07. The number of carbonyl (C=O) groups excluding carboxylic acids is 1. The van der Waals surface area contributed by atoms with E-state index in [0.29, 0.717) is 12.1 Å². The maximum Gasteiger partial charge on any atom is 0.240 e. The molecule has 0 aromatic carbocycles. The molecule has 0 saturated carbocycles. The number of nitrogens with two attached hydrogens (primary N) is 2. The summed E-state index contributed by atoms with van der Waals surface area (Å²) in [5, 5.41) is 0. The number of nitrogens with zero attached hydrogens (tertiary/aromatic N) is 2. The molecule has 0 aliphatic carbocycles. The first-order valence-electron chi connectivity index (χ1n) is 4.79. The summed E-state index contributed by atoms with van der Waals surface area (Å²) in [5.41, 5.74) is 12.4. The highest BCUT2D eigenvalue weighted by molar-refractivity contribution is 5.84. The van der Waals surface area contributed by atoms with Crippen LogP contribution >= 0.6 is 0 Å². The molecule has 1 amide bonds. The van der Waals surface area contributed by atoms with Crippen LogP contribution in [0.2, 0.25) is 0 Å². The summed E-state index contributed by atoms with van der Waals surface area (Å²) in [7, 11) is 1.80. The van der Waals surface area contributed by atoms with E-state index in [1.807, 2.05) is 6.92 Å². The first kappa shape index (κ1) is 11.3. The first-order valence-corrected chi connectivity index (χ1v) is 4.79. The SMILES string of the molecule is CCC(C(N)=O)N(C)c1ccncc1N. The number of primary amides is 1. The van der Waals surface area contributed by atoms with E-state index in [4.69, 9.17) is 11.5 Å². The summed E-state index contributed by atoms with van der Waals surface area (Å²) in [6.07, 6.45) is 3.84. The fourth-order valence-electron chi connectivity index (χ4n) is 1.55. The van der Waals surface area contributed by atoms with Gasteiger partial charge in [-0.05, 0) is 12.5 Å². The molecule has 82 valence electrons. The third kappa shape index (κ3) is 2.37. The summed E-state index contributed by atoms with van der Waals surface area (Å²) in [5.74, 6) is -0.351. The fraction of sp³-hybridized carbons (Fsp3) is 0.400. The maximum atomic E-state index is 11.2.